The molecule has 0 saturated heterocycles. The summed E-state index contributed by atoms with van der Waals surface area (Å²) < 4.78 is 0. The molecule has 2 aromatic heterocycles. The molecule has 3 rings (SSSR count). The Bertz CT molecular complexity index is 748. The highest BCUT2D eigenvalue weighted by molar-refractivity contribution is 6.31. The normalized spacial score (nSPS) is 9.73. The monoisotopic (exact) mass is 355 g/mol. The van der Waals surface area contributed by atoms with E-state index in [0.717, 1.165) is 34.4 Å². The van der Waals surface area contributed by atoms with E-state index >= 15 is 0 Å². The Balaban J connectivity index is 0.00000121. The van der Waals surface area contributed by atoms with Crippen molar-refractivity contribution in [2.75, 3.05) is 5.32 Å². The van der Waals surface area contributed by atoms with Crippen molar-refractivity contribution < 1.29 is 0 Å². The van der Waals surface area contributed by atoms with Gasteiger partial charge in [0.05, 0.1) is 5.52 Å². The zero-order chi connectivity index (χ0) is 13.9. The van der Waals surface area contributed by atoms with Crippen LogP contribution in [-0.4, -0.2) is 9.97 Å². The average molecular weight is 357 g/mol. The van der Waals surface area contributed by atoms with Gasteiger partial charge < -0.3 is 5.32 Å². The molecule has 0 spiro atoms. The van der Waals surface area contributed by atoms with Crippen LogP contribution in [0.1, 0.15) is 11.3 Å². The molecule has 0 fully saturated rings. The first-order valence-electron chi connectivity index (χ1n) is 6.42. The summed E-state index contributed by atoms with van der Waals surface area (Å²) in [5.74, 6) is 0. The van der Waals surface area contributed by atoms with Gasteiger partial charge in [0, 0.05) is 40.7 Å². The van der Waals surface area contributed by atoms with Gasteiger partial charge in [0.2, 0.25) is 0 Å². The molecule has 116 valence electrons. The molecule has 3 aromatic rings. The Morgan fingerprint density at radius 3 is 2.68 bits per heavy atom. The summed E-state index contributed by atoms with van der Waals surface area (Å²) in [5.41, 5.74) is 4.10. The van der Waals surface area contributed by atoms with Gasteiger partial charge in [-0.1, -0.05) is 17.7 Å². The SMILES string of the molecule is Cc1cc(NCc2cccnc2)c2cc(Cl)ccc2n1.Cl.Cl. The number of hydrogen-bond donors (Lipinski definition) is 1. The van der Waals surface area contributed by atoms with Crippen molar-refractivity contribution in [2.24, 2.45) is 0 Å². The van der Waals surface area contributed by atoms with Crippen LogP contribution in [0.4, 0.5) is 5.69 Å². The lowest BCUT2D eigenvalue weighted by molar-refractivity contribution is 1.11. The highest BCUT2D eigenvalue weighted by atomic mass is 35.5. The number of aryl methyl sites for hydroxylation is 1. The number of fused-ring (bicyclic) bond motifs is 1. The highest BCUT2D eigenvalue weighted by Crippen LogP contribution is 2.26. The zero-order valence-electron chi connectivity index (χ0n) is 11.9. The predicted octanol–water partition coefficient (Wildman–Crippen LogP) is 5.05. The predicted molar refractivity (Wildman–Crippen MR) is 97.5 cm³/mol. The molecule has 0 aliphatic carbocycles. The Hall–Kier alpha value is -1.55. The lowest BCUT2D eigenvalue weighted by atomic mass is 10.1. The molecule has 1 N–H and O–H groups in total. The summed E-state index contributed by atoms with van der Waals surface area (Å²) in [6.45, 7) is 2.71. The molecule has 0 atom stereocenters. The van der Waals surface area contributed by atoms with Crippen molar-refractivity contribution in [1.29, 1.82) is 0 Å². The van der Waals surface area contributed by atoms with E-state index in [4.69, 9.17) is 11.6 Å². The van der Waals surface area contributed by atoms with Gasteiger partial charge in [-0.15, -0.1) is 24.8 Å². The van der Waals surface area contributed by atoms with E-state index in [1.165, 1.54) is 0 Å². The van der Waals surface area contributed by atoms with Crippen LogP contribution in [0.5, 0.6) is 0 Å². The number of pyridine rings is 2. The second kappa shape index (κ2) is 8.18. The summed E-state index contributed by atoms with van der Waals surface area (Å²) in [6, 6.07) is 11.8. The smallest absolute Gasteiger partial charge is 0.0726 e. The van der Waals surface area contributed by atoms with Crippen molar-refractivity contribution in [2.45, 2.75) is 13.5 Å². The van der Waals surface area contributed by atoms with Gasteiger partial charge in [-0.2, -0.15) is 0 Å². The highest BCUT2D eigenvalue weighted by Gasteiger charge is 2.05. The average Bonchev–Trinajstić information content (AvgIpc) is 2.46. The van der Waals surface area contributed by atoms with E-state index in [1.54, 1.807) is 6.20 Å². The van der Waals surface area contributed by atoms with E-state index < -0.39 is 0 Å². The third kappa shape index (κ3) is 4.23. The molecule has 2 heterocycles. The van der Waals surface area contributed by atoms with Crippen LogP contribution in [0.3, 0.4) is 0 Å². The molecule has 3 nitrogen and oxygen atoms in total. The molecule has 0 aliphatic heterocycles. The Labute approximate surface area is 146 Å². The van der Waals surface area contributed by atoms with Gasteiger partial charge >= 0.3 is 0 Å². The van der Waals surface area contributed by atoms with E-state index in [0.29, 0.717) is 5.02 Å². The van der Waals surface area contributed by atoms with Crippen LogP contribution < -0.4 is 5.32 Å². The van der Waals surface area contributed by atoms with Crippen LogP contribution in [0.15, 0.2) is 48.8 Å². The van der Waals surface area contributed by atoms with Crippen LogP contribution in [0, 0.1) is 6.92 Å². The first-order chi connectivity index (χ1) is 9.72. The number of benzene rings is 1. The molecule has 0 amide bonds. The van der Waals surface area contributed by atoms with E-state index in [9.17, 15) is 0 Å². The van der Waals surface area contributed by atoms with Gasteiger partial charge in [-0.3, -0.25) is 9.97 Å². The maximum absolute atomic E-state index is 6.08. The van der Waals surface area contributed by atoms with E-state index in [2.05, 4.69) is 15.3 Å². The van der Waals surface area contributed by atoms with Crippen molar-refractivity contribution in [3.63, 3.8) is 0 Å². The van der Waals surface area contributed by atoms with Gasteiger partial charge in [-0.25, -0.2) is 0 Å². The fourth-order valence-corrected chi connectivity index (χ4v) is 2.35. The molecule has 1 aromatic carbocycles. The number of rotatable bonds is 3. The molecule has 0 bridgehead atoms. The number of anilines is 1. The molecule has 0 aliphatic rings. The minimum Gasteiger partial charge on any atom is -0.380 e. The van der Waals surface area contributed by atoms with Crippen LogP contribution in [-0.2, 0) is 6.54 Å². The molecule has 22 heavy (non-hydrogen) atoms. The van der Waals surface area contributed by atoms with Crippen LogP contribution >= 0.6 is 36.4 Å². The largest absolute Gasteiger partial charge is 0.380 e. The molecular weight excluding hydrogens is 341 g/mol. The van der Waals surface area contributed by atoms with Crippen LogP contribution in [0.25, 0.3) is 10.9 Å². The molecule has 6 heteroatoms. The number of nitrogens with one attached hydrogen (secondary N) is 1. The maximum atomic E-state index is 6.08. The van der Waals surface area contributed by atoms with E-state index in [-0.39, 0.29) is 24.8 Å². The first kappa shape index (κ1) is 18.5. The molecule has 0 radical (unpaired) electrons. The summed E-state index contributed by atoms with van der Waals surface area (Å²) in [5, 5.41) is 5.18. The summed E-state index contributed by atoms with van der Waals surface area (Å²) >= 11 is 6.08. The number of halogens is 3. The van der Waals surface area contributed by atoms with Crippen molar-refractivity contribution in [1.82, 2.24) is 9.97 Å². The topological polar surface area (TPSA) is 37.8 Å². The number of nitrogens with zero attached hydrogens (tertiary/aromatic N) is 2. The fourth-order valence-electron chi connectivity index (χ4n) is 2.18. The Morgan fingerprint density at radius 1 is 1.14 bits per heavy atom. The Morgan fingerprint density at radius 2 is 1.95 bits per heavy atom. The quantitative estimate of drug-likeness (QED) is 0.714. The molecular formula is C16H16Cl3N3. The molecule has 0 saturated carbocycles. The summed E-state index contributed by atoms with van der Waals surface area (Å²) in [6.07, 6.45) is 3.63. The van der Waals surface area contributed by atoms with Gasteiger partial charge in [-0.05, 0) is 42.8 Å². The van der Waals surface area contributed by atoms with E-state index in [1.807, 2.05) is 49.5 Å². The third-order valence-corrected chi connectivity index (χ3v) is 3.34. The molecule has 0 unspecified atom stereocenters. The lowest BCUT2D eigenvalue weighted by Gasteiger charge is -2.11. The van der Waals surface area contributed by atoms with Gasteiger partial charge in [0.25, 0.3) is 0 Å². The van der Waals surface area contributed by atoms with Crippen LogP contribution in [0.2, 0.25) is 5.02 Å². The van der Waals surface area contributed by atoms with Crippen molar-refractivity contribution >= 4 is 53.0 Å². The number of aromatic nitrogens is 2. The lowest BCUT2D eigenvalue weighted by Crippen LogP contribution is -2.01. The third-order valence-electron chi connectivity index (χ3n) is 3.10. The van der Waals surface area contributed by atoms with Gasteiger partial charge in [0.15, 0.2) is 0 Å². The van der Waals surface area contributed by atoms with Crippen molar-refractivity contribution in [3.05, 3.63) is 65.1 Å². The fraction of sp³-hybridized carbons (Fsp3) is 0.125. The first-order valence-corrected chi connectivity index (χ1v) is 6.80. The maximum Gasteiger partial charge on any atom is 0.0726 e. The minimum absolute atomic E-state index is 0. The summed E-state index contributed by atoms with van der Waals surface area (Å²) in [4.78, 5) is 8.64. The zero-order valence-corrected chi connectivity index (χ0v) is 14.3. The second-order valence-corrected chi connectivity index (χ2v) is 5.12. The second-order valence-electron chi connectivity index (χ2n) is 4.69. The standard InChI is InChI=1S/C16H14ClN3.2ClH/c1-11-7-16(19-10-12-3-2-6-18-9-12)14-8-13(17)4-5-15(14)20-11;;/h2-9H,10H2,1H3,(H,19,20);2*1H. The summed E-state index contributed by atoms with van der Waals surface area (Å²) in [7, 11) is 0. The number of hydrogen-bond acceptors (Lipinski definition) is 3. The minimum atomic E-state index is 0. The van der Waals surface area contributed by atoms with Gasteiger partial charge in [0.1, 0.15) is 0 Å². The Kier molecular flexibility index (Phi) is 6.88. The van der Waals surface area contributed by atoms with Crippen molar-refractivity contribution in [3.8, 4) is 0 Å².